The SMILES string of the molecule is NC1CCCc2nnc(-c3ccccc3Cl)n21. The van der Waals surface area contributed by atoms with Gasteiger partial charge < -0.3 is 5.73 Å². The minimum atomic E-state index is -0.0416. The van der Waals surface area contributed by atoms with Crippen molar-refractivity contribution in [2.24, 2.45) is 5.73 Å². The predicted octanol–water partition coefficient (Wildman–Crippen LogP) is 2.39. The number of fused-ring (bicyclic) bond motifs is 1. The van der Waals surface area contributed by atoms with Crippen molar-refractivity contribution < 1.29 is 0 Å². The molecule has 0 saturated carbocycles. The Labute approximate surface area is 104 Å². The Balaban J connectivity index is 2.17. The van der Waals surface area contributed by atoms with E-state index in [1.807, 2.05) is 28.8 Å². The first kappa shape index (κ1) is 10.7. The van der Waals surface area contributed by atoms with E-state index in [9.17, 15) is 0 Å². The summed E-state index contributed by atoms with van der Waals surface area (Å²) in [6.45, 7) is 0. The maximum absolute atomic E-state index is 6.18. The molecule has 5 heteroatoms. The summed E-state index contributed by atoms with van der Waals surface area (Å²) in [7, 11) is 0. The van der Waals surface area contributed by atoms with Crippen molar-refractivity contribution in [3.8, 4) is 11.4 Å². The van der Waals surface area contributed by atoms with Gasteiger partial charge in [-0.3, -0.25) is 4.57 Å². The molecule has 1 aromatic heterocycles. The lowest BCUT2D eigenvalue weighted by molar-refractivity contribution is 0.412. The lowest BCUT2D eigenvalue weighted by atomic mass is 10.1. The first-order valence-corrected chi connectivity index (χ1v) is 6.09. The molecule has 2 N–H and O–H groups in total. The van der Waals surface area contributed by atoms with Crippen LogP contribution in [0.25, 0.3) is 11.4 Å². The van der Waals surface area contributed by atoms with Crippen LogP contribution >= 0.6 is 11.6 Å². The first-order chi connectivity index (χ1) is 8.27. The van der Waals surface area contributed by atoms with Crippen LogP contribution in [0, 0.1) is 0 Å². The van der Waals surface area contributed by atoms with Gasteiger partial charge in [-0.1, -0.05) is 23.7 Å². The molecule has 1 aromatic carbocycles. The average molecular weight is 249 g/mol. The van der Waals surface area contributed by atoms with Gasteiger partial charge in [0, 0.05) is 12.0 Å². The van der Waals surface area contributed by atoms with Crippen LogP contribution in [0.15, 0.2) is 24.3 Å². The summed E-state index contributed by atoms with van der Waals surface area (Å²) in [6, 6.07) is 7.64. The van der Waals surface area contributed by atoms with E-state index < -0.39 is 0 Å². The number of hydrogen-bond donors (Lipinski definition) is 1. The van der Waals surface area contributed by atoms with E-state index in [4.69, 9.17) is 17.3 Å². The molecule has 1 atom stereocenters. The number of aryl methyl sites for hydroxylation is 1. The lowest BCUT2D eigenvalue weighted by Gasteiger charge is -2.22. The number of nitrogens with two attached hydrogens (primary N) is 1. The number of hydrogen-bond acceptors (Lipinski definition) is 3. The van der Waals surface area contributed by atoms with Crippen LogP contribution in [0.4, 0.5) is 0 Å². The van der Waals surface area contributed by atoms with E-state index in [-0.39, 0.29) is 6.17 Å². The number of benzene rings is 1. The van der Waals surface area contributed by atoms with Gasteiger partial charge in [0.15, 0.2) is 5.82 Å². The topological polar surface area (TPSA) is 56.7 Å². The van der Waals surface area contributed by atoms with Crippen molar-refractivity contribution >= 4 is 11.6 Å². The highest BCUT2D eigenvalue weighted by atomic mass is 35.5. The van der Waals surface area contributed by atoms with Crippen LogP contribution in [-0.4, -0.2) is 14.8 Å². The van der Waals surface area contributed by atoms with Crippen molar-refractivity contribution in [2.75, 3.05) is 0 Å². The molecule has 0 spiro atoms. The van der Waals surface area contributed by atoms with E-state index in [1.165, 1.54) is 0 Å². The Morgan fingerprint density at radius 2 is 2.12 bits per heavy atom. The van der Waals surface area contributed by atoms with Crippen LogP contribution in [0.3, 0.4) is 0 Å². The fraction of sp³-hybridized carbons (Fsp3) is 0.333. The zero-order chi connectivity index (χ0) is 11.8. The molecule has 0 amide bonds. The third-order valence-corrected chi connectivity index (χ3v) is 3.44. The molecular weight excluding hydrogens is 236 g/mol. The Morgan fingerprint density at radius 1 is 1.29 bits per heavy atom. The summed E-state index contributed by atoms with van der Waals surface area (Å²) >= 11 is 6.18. The van der Waals surface area contributed by atoms with Gasteiger partial charge in [0.25, 0.3) is 0 Å². The highest BCUT2D eigenvalue weighted by molar-refractivity contribution is 6.33. The molecule has 1 aliphatic rings. The molecule has 4 nitrogen and oxygen atoms in total. The molecule has 1 aliphatic heterocycles. The monoisotopic (exact) mass is 248 g/mol. The van der Waals surface area contributed by atoms with E-state index in [1.54, 1.807) is 0 Å². The summed E-state index contributed by atoms with van der Waals surface area (Å²) in [5.74, 6) is 1.73. The number of nitrogens with zero attached hydrogens (tertiary/aromatic N) is 3. The van der Waals surface area contributed by atoms with Crippen molar-refractivity contribution in [2.45, 2.75) is 25.4 Å². The minimum Gasteiger partial charge on any atom is -0.311 e. The zero-order valence-electron chi connectivity index (χ0n) is 9.31. The molecule has 0 radical (unpaired) electrons. The maximum Gasteiger partial charge on any atom is 0.166 e. The lowest BCUT2D eigenvalue weighted by Crippen LogP contribution is -2.25. The van der Waals surface area contributed by atoms with Gasteiger partial charge in [-0.25, -0.2) is 0 Å². The van der Waals surface area contributed by atoms with Crippen LogP contribution in [-0.2, 0) is 6.42 Å². The second kappa shape index (κ2) is 4.13. The molecule has 0 fully saturated rings. The molecule has 0 bridgehead atoms. The molecule has 0 aliphatic carbocycles. The van der Waals surface area contributed by atoms with Crippen LogP contribution in [0.1, 0.15) is 24.8 Å². The maximum atomic E-state index is 6.18. The van der Waals surface area contributed by atoms with E-state index in [2.05, 4.69) is 10.2 Å². The third-order valence-electron chi connectivity index (χ3n) is 3.11. The standard InChI is InChI=1S/C12H13ClN4/c13-9-5-2-1-4-8(9)12-16-15-11-7-3-6-10(14)17(11)12/h1-2,4-5,10H,3,6-7,14H2. The molecule has 0 saturated heterocycles. The van der Waals surface area contributed by atoms with Crippen LogP contribution in [0.2, 0.25) is 5.02 Å². The Morgan fingerprint density at radius 3 is 2.94 bits per heavy atom. The average Bonchev–Trinajstić information content (AvgIpc) is 2.75. The first-order valence-electron chi connectivity index (χ1n) is 5.71. The minimum absolute atomic E-state index is 0.0416. The smallest absolute Gasteiger partial charge is 0.166 e. The van der Waals surface area contributed by atoms with Crippen molar-refractivity contribution in [3.05, 3.63) is 35.1 Å². The third kappa shape index (κ3) is 1.73. The Kier molecular flexibility index (Phi) is 2.61. The van der Waals surface area contributed by atoms with Crippen molar-refractivity contribution in [3.63, 3.8) is 0 Å². The normalized spacial score (nSPS) is 19.1. The Bertz CT molecular complexity index is 549. The van der Waals surface area contributed by atoms with Gasteiger partial charge in [0.2, 0.25) is 0 Å². The van der Waals surface area contributed by atoms with Gasteiger partial charge in [0.05, 0.1) is 11.2 Å². The van der Waals surface area contributed by atoms with Crippen molar-refractivity contribution in [1.82, 2.24) is 14.8 Å². The second-order valence-corrected chi connectivity index (χ2v) is 4.66. The van der Waals surface area contributed by atoms with Crippen LogP contribution in [0.5, 0.6) is 0 Å². The molecule has 3 rings (SSSR count). The van der Waals surface area contributed by atoms with E-state index in [0.717, 1.165) is 36.5 Å². The summed E-state index contributed by atoms with van der Waals surface area (Å²) in [4.78, 5) is 0. The summed E-state index contributed by atoms with van der Waals surface area (Å²) < 4.78 is 2.00. The highest BCUT2D eigenvalue weighted by Gasteiger charge is 2.23. The van der Waals surface area contributed by atoms with Gasteiger partial charge in [-0.05, 0) is 25.0 Å². The van der Waals surface area contributed by atoms with E-state index >= 15 is 0 Å². The van der Waals surface area contributed by atoms with E-state index in [0.29, 0.717) is 5.02 Å². The number of aromatic nitrogens is 3. The van der Waals surface area contributed by atoms with Crippen LogP contribution < -0.4 is 5.73 Å². The second-order valence-electron chi connectivity index (χ2n) is 4.25. The number of rotatable bonds is 1. The summed E-state index contributed by atoms with van der Waals surface area (Å²) in [6.07, 6.45) is 2.93. The molecule has 2 heterocycles. The van der Waals surface area contributed by atoms with Gasteiger partial charge >= 0.3 is 0 Å². The van der Waals surface area contributed by atoms with Gasteiger partial charge in [0.1, 0.15) is 5.82 Å². The fourth-order valence-electron chi connectivity index (χ4n) is 2.27. The molecule has 2 aromatic rings. The Hall–Kier alpha value is -1.39. The number of halogens is 1. The quantitative estimate of drug-likeness (QED) is 0.843. The highest BCUT2D eigenvalue weighted by Crippen LogP contribution is 2.31. The molecular formula is C12H13ClN4. The molecule has 1 unspecified atom stereocenters. The van der Waals surface area contributed by atoms with Gasteiger partial charge in [-0.15, -0.1) is 10.2 Å². The van der Waals surface area contributed by atoms with Crippen molar-refractivity contribution in [1.29, 1.82) is 0 Å². The molecule has 88 valence electrons. The van der Waals surface area contributed by atoms with Gasteiger partial charge in [-0.2, -0.15) is 0 Å². The summed E-state index contributed by atoms with van der Waals surface area (Å²) in [5, 5.41) is 9.11. The summed E-state index contributed by atoms with van der Waals surface area (Å²) in [5.41, 5.74) is 7.01. The largest absolute Gasteiger partial charge is 0.311 e. The molecule has 17 heavy (non-hydrogen) atoms. The fourth-order valence-corrected chi connectivity index (χ4v) is 2.49. The zero-order valence-corrected chi connectivity index (χ0v) is 10.1. The predicted molar refractivity (Wildman–Crippen MR) is 66.6 cm³/mol.